The van der Waals surface area contributed by atoms with Crippen molar-refractivity contribution >= 4 is 33.6 Å². The van der Waals surface area contributed by atoms with Gasteiger partial charge in [0.25, 0.3) is 0 Å². The lowest BCUT2D eigenvalue weighted by Crippen LogP contribution is -2.07. The van der Waals surface area contributed by atoms with Crippen molar-refractivity contribution in [2.45, 2.75) is 0 Å². The van der Waals surface area contributed by atoms with Gasteiger partial charge in [-0.05, 0) is 35.2 Å². The van der Waals surface area contributed by atoms with Crippen LogP contribution in [0.2, 0.25) is 0 Å². The summed E-state index contributed by atoms with van der Waals surface area (Å²) in [5.41, 5.74) is 2.81. The normalized spacial score (nSPS) is 13.0. The third-order valence-electron chi connectivity index (χ3n) is 3.90. The van der Waals surface area contributed by atoms with Crippen LogP contribution in [0.1, 0.15) is 5.56 Å². The predicted octanol–water partition coefficient (Wildman–Crippen LogP) is 3.88. The van der Waals surface area contributed by atoms with Crippen LogP contribution in [0.25, 0.3) is 33.6 Å². The first-order chi connectivity index (χ1) is 11.3. The predicted molar refractivity (Wildman–Crippen MR) is 93.8 cm³/mol. The van der Waals surface area contributed by atoms with Crippen LogP contribution in [0.4, 0.5) is 0 Å². The Morgan fingerprint density at radius 1 is 0.826 bits per heavy atom. The first kappa shape index (κ1) is 13.5. The highest BCUT2D eigenvalue weighted by Crippen LogP contribution is 2.20. The summed E-state index contributed by atoms with van der Waals surface area (Å²) in [5, 5.41) is 13.2. The number of nitrogens with zero attached hydrogens (tertiary/aromatic N) is 2. The molecule has 0 amide bonds. The number of benzene rings is 3. The van der Waals surface area contributed by atoms with Crippen molar-refractivity contribution < 1.29 is 5.11 Å². The van der Waals surface area contributed by atoms with E-state index in [0.717, 1.165) is 32.6 Å². The molecule has 3 aromatic carbocycles. The second kappa shape index (κ2) is 5.54. The van der Waals surface area contributed by atoms with Gasteiger partial charge in [-0.1, -0.05) is 48.5 Å². The summed E-state index contributed by atoms with van der Waals surface area (Å²) < 4.78 is 0. The minimum absolute atomic E-state index is 0.229. The van der Waals surface area contributed by atoms with E-state index in [1.807, 2.05) is 66.7 Å². The highest BCUT2D eigenvalue weighted by Gasteiger charge is 2.06. The Hall–Kier alpha value is -3.20. The van der Waals surface area contributed by atoms with Crippen molar-refractivity contribution in [2.75, 3.05) is 0 Å². The van der Waals surface area contributed by atoms with Gasteiger partial charge in [0.05, 0.1) is 11.0 Å². The molecule has 0 saturated carbocycles. The van der Waals surface area contributed by atoms with E-state index >= 15 is 0 Å². The van der Waals surface area contributed by atoms with Crippen LogP contribution in [-0.2, 0) is 0 Å². The summed E-state index contributed by atoms with van der Waals surface area (Å²) in [6, 6.07) is 19.6. The van der Waals surface area contributed by atoms with Gasteiger partial charge in [0.2, 0.25) is 0 Å². The van der Waals surface area contributed by atoms with E-state index in [9.17, 15) is 5.11 Å². The quantitative estimate of drug-likeness (QED) is 0.611. The molecule has 23 heavy (non-hydrogen) atoms. The maximum atomic E-state index is 10.5. The average Bonchev–Trinajstić information content (AvgIpc) is 2.61. The summed E-state index contributed by atoms with van der Waals surface area (Å²) in [4.78, 5) is 8.61. The number of hydrogen-bond acceptors (Lipinski definition) is 3. The first-order valence-electron chi connectivity index (χ1n) is 7.41. The van der Waals surface area contributed by atoms with Crippen molar-refractivity contribution in [3.05, 3.63) is 83.8 Å². The van der Waals surface area contributed by atoms with Crippen LogP contribution < -0.4 is 5.22 Å². The van der Waals surface area contributed by atoms with Gasteiger partial charge < -0.3 is 5.11 Å². The standard InChI is InChI=1S/C20H14N2O/c23-19(12-9-14-5-2-1-3-6-14)15-10-11-18-20-16(15)7-4-8-17(20)21-13-22-18/h1-13,23H/b12-9+,19-15?. The summed E-state index contributed by atoms with van der Waals surface area (Å²) in [7, 11) is 0. The third-order valence-corrected chi connectivity index (χ3v) is 3.90. The van der Waals surface area contributed by atoms with Gasteiger partial charge >= 0.3 is 0 Å². The maximum Gasteiger partial charge on any atom is 0.123 e. The molecule has 0 saturated heterocycles. The number of rotatable bonds is 2. The molecule has 3 heteroatoms. The molecule has 0 bridgehead atoms. The van der Waals surface area contributed by atoms with E-state index in [-0.39, 0.29) is 5.76 Å². The van der Waals surface area contributed by atoms with Crippen LogP contribution in [0.3, 0.4) is 0 Å². The Morgan fingerprint density at radius 3 is 2.43 bits per heavy atom. The molecule has 1 N–H and O–H groups in total. The van der Waals surface area contributed by atoms with E-state index in [1.165, 1.54) is 0 Å². The van der Waals surface area contributed by atoms with E-state index in [0.29, 0.717) is 0 Å². The molecule has 3 nitrogen and oxygen atoms in total. The van der Waals surface area contributed by atoms with Crippen molar-refractivity contribution in [3.63, 3.8) is 0 Å². The maximum absolute atomic E-state index is 10.5. The number of hydrogen-bond donors (Lipinski definition) is 1. The fourth-order valence-corrected chi connectivity index (χ4v) is 2.79. The Balaban J connectivity index is 1.94. The van der Waals surface area contributed by atoms with Crippen molar-refractivity contribution in [3.8, 4) is 0 Å². The lowest BCUT2D eigenvalue weighted by Gasteiger charge is -2.05. The van der Waals surface area contributed by atoms with Crippen molar-refractivity contribution in [2.24, 2.45) is 0 Å². The molecule has 0 unspecified atom stereocenters. The molecule has 4 rings (SSSR count). The van der Waals surface area contributed by atoms with Crippen molar-refractivity contribution in [1.82, 2.24) is 9.97 Å². The fourth-order valence-electron chi connectivity index (χ4n) is 2.79. The van der Waals surface area contributed by atoms with E-state index < -0.39 is 0 Å². The molecule has 4 aromatic rings. The van der Waals surface area contributed by atoms with Crippen LogP contribution in [0, 0.1) is 0 Å². The van der Waals surface area contributed by atoms with Crippen LogP contribution in [0.5, 0.6) is 0 Å². The zero-order chi connectivity index (χ0) is 15.6. The minimum Gasteiger partial charge on any atom is -0.507 e. The number of aliphatic hydroxyl groups is 1. The monoisotopic (exact) mass is 298 g/mol. The highest BCUT2D eigenvalue weighted by atomic mass is 16.3. The van der Waals surface area contributed by atoms with Crippen LogP contribution in [0.15, 0.2) is 73.1 Å². The lowest BCUT2D eigenvalue weighted by molar-refractivity contribution is 0.513. The van der Waals surface area contributed by atoms with E-state index in [4.69, 9.17) is 0 Å². The Labute approximate surface area is 133 Å². The summed E-state index contributed by atoms with van der Waals surface area (Å²) >= 11 is 0. The lowest BCUT2D eigenvalue weighted by atomic mass is 10.0. The molecular weight excluding hydrogens is 284 g/mol. The van der Waals surface area contributed by atoms with Gasteiger partial charge in [-0.15, -0.1) is 0 Å². The van der Waals surface area contributed by atoms with Crippen LogP contribution >= 0.6 is 0 Å². The zero-order valence-corrected chi connectivity index (χ0v) is 12.3. The minimum atomic E-state index is 0.229. The van der Waals surface area contributed by atoms with Gasteiger partial charge in [0, 0.05) is 10.6 Å². The zero-order valence-electron chi connectivity index (χ0n) is 12.3. The SMILES string of the molecule is OC(/C=C/c1ccccc1)=c1ccc2ncnc3cccc1c32. The number of aliphatic hydroxyl groups excluding tert-OH is 1. The molecule has 0 fully saturated rings. The van der Waals surface area contributed by atoms with Crippen LogP contribution in [-0.4, -0.2) is 15.1 Å². The van der Waals surface area contributed by atoms with Gasteiger partial charge in [0.15, 0.2) is 0 Å². The summed E-state index contributed by atoms with van der Waals surface area (Å²) in [5.74, 6) is 0.229. The third kappa shape index (κ3) is 2.42. The Morgan fingerprint density at radius 2 is 1.61 bits per heavy atom. The molecule has 0 aliphatic carbocycles. The second-order valence-electron chi connectivity index (χ2n) is 5.33. The highest BCUT2D eigenvalue weighted by molar-refractivity contribution is 6.07. The number of aromatic nitrogens is 2. The smallest absolute Gasteiger partial charge is 0.123 e. The second-order valence-corrected chi connectivity index (χ2v) is 5.33. The fraction of sp³-hybridized carbons (Fsp3) is 0. The largest absolute Gasteiger partial charge is 0.507 e. The molecule has 1 aromatic heterocycles. The van der Waals surface area contributed by atoms with E-state index in [2.05, 4.69) is 9.97 Å². The molecule has 0 spiro atoms. The van der Waals surface area contributed by atoms with Gasteiger partial charge in [0.1, 0.15) is 12.1 Å². The molecular formula is C20H14N2O. The summed E-state index contributed by atoms with van der Waals surface area (Å²) in [6.07, 6.45) is 5.19. The van der Waals surface area contributed by atoms with Gasteiger partial charge in [-0.3, -0.25) is 0 Å². The van der Waals surface area contributed by atoms with Crippen molar-refractivity contribution in [1.29, 1.82) is 0 Å². The first-order valence-corrected chi connectivity index (χ1v) is 7.41. The Kier molecular flexibility index (Phi) is 3.24. The molecule has 0 aliphatic heterocycles. The summed E-state index contributed by atoms with van der Waals surface area (Å²) in [6.45, 7) is 0. The molecule has 0 aliphatic rings. The molecule has 110 valence electrons. The Bertz CT molecular complexity index is 1050. The molecule has 1 heterocycles. The van der Waals surface area contributed by atoms with E-state index in [1.54, 1.807) is 12.4 Å². The van der Waals surface area contributed by atoms with Gasteiger partial charge in [-0.25, -0.2) is 9.97 Å². The van der Waals surface area contributed by atoms with Gasteiger partial charge in [-0.2, -0.15) is 0 Å². The topological polar surface area (TPSA) is 46.0 Å². The molecule has 0 atom stereocenters. The molecule has 0 radical (unpaired) electrons. The average molecular weight is 298 g/mol.